The van der Waals surface area contributed by atoms with Gasteiger partial charge in [0, 0.05) is 10.9 Å². The number of carbonyl (C=O) groups is 2. The molecule has 0 saturated heterocycles. The SMILES string of the molecule is COC(=O)c1c(NC(=O)CN(C)[C@H](C)c2ccc(S(N)(=O)=O)cc2)sc2c1CCCCC2. The Morgan fingerprint density at radius 3 is 2.47 bits per heavy atom. The first kappa shape index (κ1) is 24.4. The molecule has 0 aliphatic heterocycles. The Morgan fingerprint density at radius 1 is 1.19 bits per heavy atom. The number of nitrogens with one attached hydrogen (secondary N) is 1. The normalized spacial score (nSPS) is 15.0. The maximum absolute atomic E-state index is 12.8. The van der Waals surface area contributed by atoms with E-state index >= 15 is 0 Å². The zero-order chi connectivity index (χ0) is 23.5. The molecule has 0 unspecified atom stereocenters. The summed E-state index contributed by atoms with van der Waals surface area (Å²) in [5.74, 6) is -0.654. The molecule has 0 bridgehead atoms. The summed E-state index contributed by atoms with van der Waals surface area (Å²) in [6.07, 6.45) is 4.95. The highest BCUT2D eigenvalue weighted by Crippen LogP contribution is 2.38. The van der Waals surface area contributed by atoms with Crippen molar-refractivity contribution in [2.45, 2.75) is 50.0 Å². The summed E-state index contributed by atoms with van der Waals surface area (Å²) in [6, 6.07) is 6.14. The topological polar surface area (TPSA) is 119 Å². The molecule has 2 aromatic rings. The summed E-state index contributed by atoms with van der Waals surface area (Å²) in [5, 5.41) is 8.61. The van der Waals surface area contributed by atoms with Crippen molar-refractivity contribution in [3.8, 4) is 0 Å². The molecular weight excluding hydrogens is 450 g/mol. The molecule has 32 heavy (non-hydrogen) atoms. The number of nitrogens with zero attached hydrogens (tertiary/aromatic N) is 1. The smallest absolute Gasteiger partial charge is 0.341 e. The lowest BCUT2D eigenvalue weighted by atomic mass is 10.1. The summed E-state index contributed by atoms with van der Waals surface area (Å²) < 4.78 is 27.9. The first-order chi connectivity index (χ1) is 15.1. The van der Waals surface area contributed by atoms with Gasteiger partial charge in [0.05, 0.1) is 24.1 Å². The van der Waals surface area contributed by atoms with Crippen LogP contribution in [0, 0.1) is 0 Å². The summed E-state index contributed by atoms with van der Waals surface area (Å²) in [6.45, 7) is 2.02. The number of carbonyl (C=O) groups excluding carboxylic acids is 2. The average Bonchev–Trinajstić information content (AvgIpc) is 2.91. The van der Waals surface area contributed by atoms with Gasteiger partial charge in [0.2, 0.25) is 15.9 Å². The van der Waals surface area contributed by atoms with Crippen LogP contribution in [0.5, 0.6) is 0 Å². The molecule has 3 rings (SSSR count). The second-order valence-corrected chi connectivity index (χ2v) is 10.7. The standard InChI is InChI=1S/C22H29N3O5S2/c1-14(15-9-11-16(12-10-15)32(23,28)29)25(2)13-19(26)24-21-20(22(27)30-3)17-7-5-4-6-8-18(17)31-21/h9-12,14H,4-8,13H2,1-3H3,(H,24,26)(H2,23,28,29)/t14-/m1/s1. The molecule has 3 N–H and O–H groups in total. The van der Waals surface area contributed by atoms with Crippen molar-refractivity contribution < 1.29 is 22.7 Å². The lowest BCUT2D eigenvalue weighted by molar-refractivity contribution is -0.117. The van der Waals surface area contributed by atoms with Gasteiger partial charge in [0.1, 0.15) is 5.00 Å². The Hall–Kier alpha value is -2.27. The summed E-state index contributed by atoms with van der Waals surface area (Å²) in [7, 11) is -0.590. The minimum absolute atomic E-state index is 0.0432. The number of methoxy groups -OCH3 is 1. The van der Waals surface area contributed by atoms with E-state index in [4.69, 9.17) is 9.88 Å². The number of esters is 1. The van der Waals surface area contributed by atoms with Gasteiger partial charge in [-0.05, 0) is 62.9 Å². The van der Waals surface area contributed by atoms with Gasteiger partial charge in [0.15, 0.2) is 0 Å². The van der Waals surface area contributed by atoms with E-state index < -0.39 is 16.0 Å². The van der Waals surface area contributed by atoms with Crippen molar-refractivity contribution in [1.82, 2.24) is 4.90 Å². The predicted octanol–water partition coefficient (Wildman–Crippen LogP) is 3.08. The van der Waals surface area contributed by atoms with Crippen LogP contribution in [-0.4, -0.2) is 45.9 Å². The second kappa shape index (κ2) is 10.1. The van der Waals surface area contributed by atoms with Crippen LogP contribution in [0.2, 0.25) is 0 Å². The lowest BCUT2D eigenvalue weighted by Crippen LogP contribution is -2.32. The number of benzene rings is 1. The van der Waals surface area contributed by atoms with Crippen molar-refractivity contribution in [3.63, 3.8) is 0 Å². The van der Waals surface area contributed by atoms with E-state index in [1.807, 2.05) is 18.9 Å². The lowest BCUT2D eigenvalue weighted by Gasteiger charge is -2.24. The number of hydrogen-bond donors (Lipinski definition) is 2. The number of amides is 1. The molecule has 1 amide bonds. The van der Waals surface area contributed by atoms with Gasteiger partial charge in [-0.15, -0.1) is 11.3 Å². The summed E-state index contributed by atoms with van der Waals surface area (Å²) >= 11 is 1.46. The molecule has 1 aliphatic carbocycles. The Balaban J connectivity index is 1.72. The molecule has 0 radical (unpaired) electrons. The fourth-order valence-corrected chi connectivity index (χ4v) is 5.68. The molecule has 1 aliphatic rings. The zero-order valence-electron chi connectivity index (χ0n) is 18.5. The number of primary sulfonamides is 1. The molecule has 1 heterocycles. The quantitative estimate of drug-likeness (QED) is 0.465. The van der Waals surface area contributed by atoms with Crippen molar-refractivity contribution >= 4 is 38.2 Å². The first-order valence-electron chi connectivity index (χ1n) is 10.5. The maximum atomic E-state index is 12.8. The van der Waals surface area contributed by atoms with Crippen LogP contribution < -0.4 is 10.5 Å². The first-order valence-corrected chi connectivity index (χ1v) is 12.8. The van der Waals surface area contributed by atoms with Crippen molar-refractivity contribution in [3.05, 3.63) is 45.8 Å². The Kier molecular flexibility index (Phi) is 7.71. The van der Waals surface area contributed by atoms with Crippen LogP contribution in [0.1, 0.15) is 58.6 Å². The van der Waals surface area contributed by atoms with Crippen LogP contribution in [0.15, 0.2) is 29.2 Å². The van der Waals surface area contributed by atoms with Gasteiger partial charge in [0.25, 0.3) is 0 Å². The van der Waals surface area contributed by atoms with E-state index in [0.29, 0.717) is 10.6 Å². The molecule has 0 spiro atoms. The second-order valence-electron chi connectivity index (χ2n) is 8.01. The highest BCUT2D eigenvalue weighted by Gasteiger charge is 2.27. The van der Waals surface area contributed by atoms with Crippen molar-refractivity contribution in [1.29, 1.82) is 0 Å². The number of aryl methyl sites for hydroxylation is 1. The largest absolute Gasteiger partial charge is 0.465 e. The number of thiophene rings is 1. The maximum Gasteiger partial charge on any atom is 0.341 e. The monoisotopic (exact) mass is 479 g/mol. The number of likely N-dealkylation sites (N-methyl/N-ethyl adjacent to an activating group) is 1. The van der Waals surface area contributed by atoms with Crippen LogP contribution in [0.25, 0.3) is 0 Å². The molecule has 0 saturated carbocycles. The fourth-order valence-electron chi connectivity index (χ4n) is 3.87. The third kappa shape index (κ3) is 5.55. The number of ether oxygens (including phenoxy) is 1. The molecule has 0 fully saturated rings. The number of nitrogens with two attached hydrogens (primary N) is 1. The van der Waals surface area contributed by atoms with E-state index in [0.717, 1.165) is 48.1 Å². The van der Waals surface area contributed by atoms with Crippen molar-refractivity contribution in [2.75, 3.05) is 26.0 Å². The Labute approximate surface area is 192 Å². The van der Waals surface area contributed by atoms with Crippen LogP contribution >= 0.6 is 11.3 Å². The molecular formula is C22H29N3O5S2. The third-order valence-electron chi connectivity index (χ3n) is 5.81. The van der Waals surface area contributed by atoms with Gasteiger partial charge in [-0.1, -0.05) is 18.6 Å². The van der Waals surface area contributed by atoms with Crippen LogP contribution in [-0.2, 0) is 32.4 Å². The third-order valence-corrected chi connectivity index (χ3v) is 7.95. The van der Waals surface area contributed by atoms with E-state index in [-0.39, 0.29) is 23.4 Å². The summed E-state index contributed by atoms with van der Waals surface area (Å²) in [5.41, 5.74) is 2.34. The molecule has 1 aromatic carbocycles. The van der Waals surface area contributed by atoms with Gasteiger partial charge in [-0.2, -0.15) is 0 Å². The fraction of sp³-hybridized carbons (Fsp3) is 0.455. The number of fused-ring (bicyclic) bond motifs is 1. The zero-order valence-corrected chi connectivity index (χ0v) is 20.1. The molecule has 10 heteroatoms. The van der Waals surface area contributed by atoms with Gasteiger partial charge >= 0.3 is 5.97 Å². The van der Waals surface area contributed by atoms with Crippen LogP contribution in [0.3, 0.4) is 0 Å². The number of sulfonamides is 1. The highest BCUT2D eigenvalue weighted by atomic mass is 32.2. The highest BCUT2D eigenvalue weighted by molar-refractivity contribution is 7.89. The Morgan fingerprint density at radius 2 is 1.84 bits per heavy atom. The Bertz CT molecular complexity index is 1090. The average molecular weight is 480 g/mol. The number of anilines is 1. The molecule has 1 atom stereocenters. The van der Waals surface area contributed by atoms with Gasteiger partial charge < -0.3 is 10.1 Å². The van der Waals surface area contributed by atoms with Gasteiger partial charge in [-0.3, -0.25) is 9.69 Å². The summed E-state index contributed by atoms with van der Waals surface area (Å²) in [4.78, 5) is 28.3. The van der Waals surface area contributed by atoms with E-state index in [1.54, 1.807) is 12.1 Å². The van der Waals surface area contributed by atoms with E-state index in [1.165, 1.54) is 30.6 Å². The molecule has 1 aromatic heterocycles. The molecule has 174 valence electrons. The predicted molar refractivity (Wildman–Crippen MR) is 124 cm³/mol. The molecule has 8 nitrogen and oxygen atoms in total. The number of hydrogen-bond acceptors (Lipinski definition) is 7. The van der Waals surface area contributed by atoms with Crippen molar-refractivity contribution in [2.24, 2.45) is 5.14 Å². The minimum atomic E-state index is -3.75. The van der Waals surface area contributed by atoms with Gasteiger partial charge in [-0.25, -0.2) is 18.4 Å². The van der Waals surface area contributed by atoms with E-state index in [2.05, 4.69) is 5.32 Å². The minimum Gasteiger partial charge on any atom is -0.465 e. The van der Waals surface area contributed by atoms with Crippen LogP contribution in [0.4, 0.5) is 5.00 Å². The van der Waals surface area contributed by atoms with E-state index in [9.17, 15) is 18.0 Å². The number of rotatable bonds is 7.